The second-order valence-electron chi connectivity index (χ2n) is 9.69. The molecule has 0 radical (unpaired) electrons. The summed E-state index contributed by atoms with van der Waals surface area (Å²) < 4.78 is 4.74. The zero-order chi connectivity index (χ0) is 26.7. The van der Waals surface area contributed by atoms with Gasteiger partial charge in [0.25, 0.3) is 0 Å². The van der Waals surface area contributed by atoms with E-state index in [0.717, 1.165) is 37.7 Å². The number of nitrogens with one attached hydrogen (secondary N) is 2. The fourth-order valence-electron chi connectivity index (χ4n) is 5.20. The molecule has 1 saturated carbocycles. The van der Waals surface area contributed by atoms with Gasteiger partial charge < -0.3 is 20.3 Å². The number of anilines is 1. The van der Waals surface area contributed by atoms with Crippen LogP contribution in [0.3, 0.4) is 0 Å². The third-order valence-corrected chi connectivity index (χ3v) is 7.07. The van der Waals surface area contributed by atoms with Crippen LogP contribution >= 0.6 is 0 Å². The van der Waals surface area contributed by atoms with Gasteiger partial charge >= 0.3 is 12.0 Å². The summed E-state index contributed by atoms with van der Waals surface area (Å²) in [5.74, 6) is -0.246. The first-order chi connectivity index (χ1) is 18.5. The van der Waals surface area contributed by atoms with Crippen LogP contribution in [0.5, 0.6) is 0 Å². The highest BCUT2D eigenvalue weighted by Crippen LogP contribution is 2.32. The number of esters is 1. The van der Waals surface area contributed by atoms with E-state index in [-0.39, 0.29) is 18.5 Å². The molecule has 38 heavy (non-hydrogen) atoms. The number of carbonyl (C=O) groups excluding carboxylic acids is 3. The fraction of sp³-hybridized carbons (Fsp3) is 0.323. The number of ether oxygens (including phenoxy) is 1. The summed E-state index contributed by atoms with van der Waals surface area (Å²) in [6.07, 6.45) is 5.19. The number of amides is 3. The van der Waals surface area contributed by atoms with Crippen LogP contribution in [-0.2, 0) is 22.5 Å². The van der Waals surface area contributed by atoms with E-state index in [1.165, 1.54) is 18.7 Å². The minimum Gasteiger partial charge on any atom is -0.465 e. The van der Waals surface area contributed by atoms with Gasteiger partial charge in [0.15, 0.2) is 0 Å². The molecule has 0 aliphatic heterocycles. The largest absolute Gasteiger partial charge is 0.465 e. The maximum atomic E-state index is 13.6. The number of rotatable bonds is 9. The van der Waals surface area contributed by atoms with E-state index in [1.807, 2.05) is 41.3 Å². The van der Waals surface area contributed by atoms with Crippen LogP contribution in [0.1, 0.15) is 47.2 Å². The summed E-state index contributed by atoms with van der Waals surface area (Å²) in [5, 5.41) is 5.40. The van der Waals surface area contributed by atoms with Gasteiger partial charge in [-0.05, 0) is 54.5 Å². The average molecular weight is 514 g/mol. The normalized spacial score (nSPS) is 16.8. The lowest BCUT2D eigenvalue weighted by molar-refractivity contribution is -0.135. The highest BCUT2D eigenvalue weighted by molar-refractivity contribution is 5.95. The van der Waals surface area contributed by atoms with Crippen molar-refractivity contribution in [1.82, 2.24) is 10.2 Å². The Balaban J connectivity index is 1.45. The van der Waals surface area contributed by atoms with Crippen molar-refractivity contribution in [2.45, 2.75) is 44.7 Å². The highest BCUT2D eigenvalue weighted by Gasteiger charge is 2.33. The molecule has 0 aromatic heterocycles. The zero-order valence-electron chi connectivity index (χ0n) is 21.8. The molecule has 2 atom stereocenters. The van der Waals surface area contributed by atoms with Crippen molar-refractivity contribution in [1.29, 1.82) is 0 Å². The summed E-state index contributed by atoms with van der Waals surface area (Å²) in [6.45, 7) is 0.379. The molecule has 198 valence electrons. The van der Waals surface area contributed by atoms with Crippen molar-refractivity contribution in [2.75, 3.05) is 19.0 Å². The maximum absolute atomic E-state index is 13.6. The van der Waals surface area contributed by atoms with Gasteiger partial charge in [-0.1, -0.05) is 79.6 Å². The number of urea groups is 1. The third kappa shape index (κ3) is 7.44. The van der Waals surface area contributed by atoms with Crippen molar-refractivity contribution in [3.8, 4) is 0 Å². The summed E-state index contributed by atoms with van der Waals surface area (Å²) in [6, 6.07) is 26.5. The number of nitrogens with zero attached hydrogens (tertiary/aromatic N) is 1. The van der Waals surface area contributed by atoms with E-state index in [9.17, 15) is 14.4 Å². The number of benzene rings is 3. The molecule has 2 unspecified atom stereocenters. The maximum Gasteiger partial charge on any atom is 0.337 e. The Hall–Kier alpha value is -4.13. The Morgan fingerprint density at radius 2 is 1.55 bits per heavy atom. The molecular weight excluding hydrogens is 478 g/mol. The number of methoxy groups -OCH3 is 1. The Kier molecular flexibility index (Phi) is 9.51. The number of carbonyl (C=O) groups is 3. The second kappa shape index (κ2) is 13.4. The molecule has 7 nitrogen and oxygen atoms in total. The van der Waals surface area contributed by atoms with Gasteiger partial charge in [0, 0.05) is 18.3 Å². The first-order valence-corrected chi connectivity index (χ1v) is 13.1. The Labute approximate surface area is 224 Å². The van der Waals surface area contributed by atoms with Crippen molar-refractivity contribution in [3.05, 3.63) is 102 Å². The molecule has 0 bridgehead atoms. The van der Waals surface area contributed by atoms with Crippen molar-refractivity contribution in [3.63, 3.8) is 0 Å². The monoisotopic (exact) mass is 513 g/mol. The van der Waals surface area contributed by atoms with Gasteiger partial charge in [-0.15, -0.1) is 0 Å². The van der Waals surface area contributed by atoms with Crippen LogP contribution in [0, 0.1) is 5.92 Å². The summed E-state index contributed by atoms with van der Waals surface area (Å²) in [7, 11) is 1.30. The van der Waals surface area contributed by atoms with E-state index in [2.05, 4.69) is 34.9 Å². The molecule has 3 aromatic carbocycles. The minimum atomic E-state index is -0.510. The van der Waals surface area contributed by atoms with Crippen molar-refractivity contribution in [2.24, 2.45) is 5.92 Å². The number of hydrogen-bond donors (Lipinski definition) is 2. The summed E-state index contributed by atoms with van der Waals surface area (Å²) in [5.41, 5.74) is 3.11. The van der Waals surface area contributed by atoms with E-state index in [4.69, 9.17) is 4.74 Å². The predicted molar refractivity (Wildman–Crippen MR) is 148 cm³/mol. The Morgan fingerprint density at radius 1 is 0.868 bits per heavy atom. The minimum absolute atomic E-state index is 0.0956. The highest BCUT2D eigenvalue weighted by atomic mass is 16.5. The van der Waals surface area contributed by atoms with Gasteiger partial charge in [0.2, 0.25) is 5.91 Å². The van der Waals surface area contributed by atoms with Gasteiger partial charge in [-0.2, -0.15) is 0 Å². The lowest BCUT2D eigenvalue weighted by Gasteiger charge is -2.40. The fourth-order valence-corrected chi connectivity index (χ4v) is 5.20. The van der Waals surface area contributed by atoms with Gasteiger partial charge in [0.1, 0.15) is 0 Å². The van der Waals surface area contributed by atoms with Crippen LogP contribution in [0.15, 0.2) is 84.9 Å². The first kappa shape index (κ1) is 26.9. The zero-order valence-corrected chi connectivity index (χ0v) is 21.8. The molecule has 0 spiro atoms. The summed E-state index contributed by atoms with van der Waals surface area (Å²) in [4.78, 5) is 40.0. The molecule has 1 aliphatic carbocycles. The van der Waals surface area contributed by atoms with E-state index >= 15 is 0 Å². The molecule has 4 rings (SSSR count). The molecule has 0 heterocycles. The standard InChI is InChI=1S/C31H35N3O4/c1-38-30(36)26-16-10-17-27(20-26)33-31(37)32-21-29(35)34(22-24-13-6-3-7-14-24)28-18-9-8-15-25(28)19-23-11-4-2-5-12-23/h2-7,10-14,16-17,20,25,28H,8-9,15,18-19,21-22H2,1H3,(H2,32,33,37). The smallest absolute Gasteiger partial charge is 0.337 e. The molecule has 1 fully saturated rings. The molecule has 7 heteroatoms. The SMILES string of the molecule is COC(=O)c1cccc(NC(=O)NCC(=O)N(Cc2ccccc2)C2CCCCC2Cc2ccccc2)c1. The number of hydrogen-bond acceptors (Lipinski definition) is 4. The lowest BCUT2D eigenvalue weighted by atomic mass is 9.79. The first-order valence-electron chi connectivity index (χ1n) is 13.1. The molecule has 1 aliphatic rings. The van der Waals surface area contributed by atoms with E-state index in [0.29, 0.717) is 23.7 Å². The Bertz CT molecular complexity index is 1220. The molecule has 3 aromatic rings. The van der Waals surface area contributed by atoms with Crippen molar-refractivity contribution < 1.29 is 19.1 Å². The second-order valence-corrected chi connectivity index (χ2v) is 9.69. The van der Waals surface area contributed by atoms with Crippen LogP contribution in [0.2, 0.25) is 0 Å². The van der Waals surface area contributed by atoms with Crippen LogP contribution in [-0.4, -0.2) is 42.5 Å². The van der Waals surface area contributed by atoms with Gasteiger partial charge in [0.05, 0.1) is 19.2 Å². The Morgan fingerprint density at radius 3 is 2.26 bits per heavy atom. The predicted octanol–water partition coefficient (Wildman–Crippen LogP) is 5.43. The summed E-state index contributed by atoms with van der Waals surface area (Å²) >= 11 is 0. The van der Waals surface area contributed by atoms with Crippen LogP contribution in [0.25, 0.3) is 0 Å². The van der Waals surface area contributed by atoms with Crippen LogP contribution < -0.4 is 10.6 Å². The molecule has 0 saturated heterocycles. The third-order valence-electron chi connectivity index (χ3n) is 7.07. The van der Waals surface area contributed by atoms with Crippen LogP contribution in [0.4, 0.5) is 10.5 Å². The molecular formula is C31H35N3O4. The lowest BCUT2D eigenvalue weighted by Crippen LogP contribution is -2.50. The molecule has 3 amide bonds. The average Bonchev–Trinajstić information content (AvgIpc) is 2.96. The van der Waals surface area contributed by atoms with Crippen molar-refractivity contribution >= 4 is 23.6 Å². The van der Waals surface area contributed by atoms with Gasteiger partial charge in [-0.3, -0.25) is 4.79 Å². The molecule has 2 N–H and O–H groups in total. The van der Waals surface area contributed by atoms with Gasteiger partial charge in [-0.25, -0.2) is 9.59 Å². The van der Waals surface area contributed by atoms with E-state index in [1.54, 1.807) is 18.2 Å². The topological polar surface area (TPSA) is 87.7 Å². The van der Waals surface area contributed by atoms with E-state index < -0.39 is 12.0 Å². The quantitative estimate of drug-likeness (QED) is 0.374.